The lowest BCUT2D eigenvalue weighted by Gasteiger charge is -2.44. The lowest BCUT2D eigenvalue weighted by Crippen LogP contribution is -2.59. The van der Waals surface area contributed by atoms with Gasteiger partial charge in [0.05, 0.1) is 35.3 Å². The molecule has 0 N–H and O–H groups in total. The Morgan fingerprint density at radius 3 is 1.17 bits per heavy atom. The standard InChI is InChI=1S/C74H61BN2O2S2/c1-72(2,3)48-30-34-65-55(38-48)68-70(80-65)75-67-61(76(68)59-32-28-46(36-53(59)44-20-12-10-13-21-44)57-42-78-63-26-18-16-24-51(57)63)40-50(74(7,8)9)41-62(67)77(69-56-39-49(73(4,5)6)31-35-66(56)81-71(69)75)60-33-29-47(37-54(60)45-22-14-11-15-23-45)58-43-79-64-27-19-17-25-52(58)64/h10-43H,1-9H3. The van der Waals surface area contributed by atoms with Gasteiger partial charge in [-0.3, -0.25) is 0 Å². The predicted octanol–water partition coefficient (Wildman–Crippen LogP) is 20.3. The van der Waals surface area contributed by atoms with Gasteiger partial charge in [-0.1, -0.05) is 184 Å². The average Bonchev–Trinajstić information content (AvgIpc) is 4.43. The Hall–Kier alpha value is -8.36. The molecule has 2 aliphatic heterocycles. The zero-order valence-corrected chi connectivity index (χ0v) is 48.9. The molecular formula is C74H61BN2O2S2. The van der Waals surface area contributed by atoms with Crippen LogP contribution in [-0.2, 0) is 16.2 Å². The number of rotatable bonds is 6. The first-order valence-corrected chi connectivity index (χ1v) is 29.9. The number of hydrogen-bond donors (Lipinski definition) is 0. The highest BCUT2D eigenvalue weighted by atomic mass is 32.1. The van der Waals surface area contributed by atoms with Crippen LogP contribution >= 0.6 is 22.7 Å². The van der Waals surface area contributed by atoms with E-state index in [1.54, 1.807) is 0 Å². The van der Waals surface area contributed by atoms with Crippen LogP contribution < -0.4 is 24.8 Å². The fraction of sp³-hybridized carbons (Fsp3) is 0.162. The first kappa shape index (κ1) is 49.7. The summed E-state index contributed by atoms with van der Waals surface area (Å²) in [6.07, 6.45) is 3.85. The largest absolute Gasteiger partial charge is 0.464 e. The lowest BCUT2D eigenvalue weighted by molar-refractivity contribution is 0.590. The summed E-state index contributed by atoms with van der Waals surface area (Å²) in [6, 6.07) is 72.7. The normalized spacial score (nSPS) is 13.4. The van der Waals surface area contributed by atoms with E-state index in [9.17, 15) is 0 Å². The van der Waals surface area contributed by atoms with E-state index in [0.717, 1.165) is 77.8 Å². The second kappa shape index (κ2) is 18.1. The van der Waals surface area contributed by atoms with Gasteiger partial charge in [-0.15, -0.1) is 22.7 Å². The third kappa shape index (κ3) is 7.91. The third-order valence-electron chi connectivity index (χ3n) is 17.1. The zero-order valence-electron chi connectivity index (χ0n) is 47.2. The molecule has 0 unspecified atom stereocenters. The summed E-state index contributed by atoms with van der Waals surface area (Å²) >= 11 is 3.95. The van der Waals surface area contributed by atoms with Crippen LogP contribution in [0.1, 0.15) is 79.0 Å². The number of hydrogen-bond acceptors (Lipinski definition) is 6. The van der Waals surface area contributed by atoms with Crippen molar-refractivity contribution in [2.45, 2.75) is 78.6 Å². The predicted molar refractivity (Wildman–Crippen MR) is 349 cm³/mol. The van der Waals surface area contributed by atoms with Gasteiger partial charge in [-0.2, -0.15) is 0 Å². The van der Waals surface area contributed by atoms with E-state index in [2.05, 4.69) is 254 Å². The molecule has 0 amide bonds. The smallest absolute Gasteiger partial charge is 0.277 e. The quantitative estimate of drug-likeness (QED) is 0.155. The number of furan rings is 2. The topological polar surface area (TPSA) is 32.8 Å². The van der Waals surface area contributed by atoms with Gasteiger partial charge in [-0.05, 0) is 133 Å². The molecule has 0 radical (unpaired) electrons. The molecule has 0 saturated heterocycles. The van der Waals surface area contributed by atoms with Crippen molar-refractivity contribution in [3.63, 3.8) is 0 Å². The average molecular weight is 1090 g/mol. The van der Waals surface area contributed by atoms with E-state index >= 15 is 0 Å². The molecule has 0 aliphatic carbocycles. The van der Waals surface area contributed by atoms with Crippen LogP contribution in [0.25, 0.3) is 86.6 Å². The summed E-state index contributed by atoms with van der Waals surface area (Å²) in [7, 11) is 0. The fourth-order valence-corrected chi connectivity index (χ4v) is 15.4. The molecule has 2 aliphatic rings. The maximum atomic E-state index is 6.24. The Kier molecular flexibility index (Phi) is 11.1. The number of nitrogens with zero attached hydrogens (tertiary/aromatic N) is 2. The van der Waals surface area contributed by atoms with Crippen molar-refractivity contribution < 1.29 is 8.83 Å². The Morgan fingerprint density at radius 2 is 0.753 bits per heavy atom. The van der Waals surface area contributed by atoms with Crippen molar-refractivity contribution in [2.24, 2.45) is 0 Å². The maximum absolute atomic E-state index is 6.24. The fourth-order valence-electron chi connectivity index (χ4n) is 12.7. The molecular weight excluding hydrogens is 1020 g/mol. The number of benzene rings is 9. The molecule has 4 nitrogen and oxygen atoms in total. The second-order valence-electron chi connectivity index (χ2n) is 25.3. The molecule has 13 aromatic rings. The molecule has 0 saturated carbocycles. The van der Waals surface area contributed by atoms with Crippen molar-refractivity contribution in [3.8, 4) is 44.5 Å². The van der Waals surface area contributed by atoms with Gasteiger partial charge in [0.15, 0.2) is 0 Å². The van der Waals surface area contributed by atoms with Gasteiger partial charge in [0.1, 0.15) is 11.2 Å². The van der Waals surface area contributed by atoms with E-state index in [0.29, 0.717) is 0 Å². The highest BCUT2D eigenvalue weighted by Gasteiger charge is 2.48. The van der Waals surface area contributed by atoms with Gasteiger partial charge in [0.2, 0.25) is 0 Å². The summed E-state index contributed by atoms with van der Waals surface area (Å²) in [6.45, 7) is 21.1. The first-order chi connectivity index (χ1) is 39.1. The number of thiophene rings is 2. The van der Waals surface area contributed by atoms with E-state index in [4.69, 9.17) is 8.83 Å². The molecule has 7 heteroatoms. The van der Waals surface area contributed by atoms with Crippen LogP contribution in [0.15, 0.2) is 215 Å². The zero-order chi connectivity index (χ0) is 55.3. The van der Waals surface area contributed by atoms with Crippen LogP contribution in [0.5, 0.6) is 0 Å². The molecule has 394 valence electrons. The number of fused-ring (bicyclic) bond motifs is 10. The van der Waals surface area contributed by atoms with Crippen LogP contribution in [0, 0.1) is 0 Å². The van der Waals surface area contributed by atoms with E-state index in [1.807, 2.05) is 47.3 Å². The number of anilines is 6. The molecule has 0 atom stereocenters. The van der Waals surface area contributed by atoms with Gasteiger partial charge >= 0.3 is 0 Å². The molecule has 0 bridgehead atoms. The minimum atomic E-state index is -0.228. The summed E-state index contributed by atoms with van der Waals surface area (Å²) in [5.41, 5.74) is 22.9. The molecule has 6 heterocycles. The van der Waals surface area contributed by atoms with Crippen molar-refractivity contribution in [1.82, 2.24) is 0 Å². The third-order valence-corrected chi connectivity index (χ3v) is 19.5. The first-order valence-electron chi connectivity index (χ1n) is 28.3. The van der Waals surface area contributed by atoms with Crippen molar-refractivity contribution >= 4 is 121 Å². The summed E-state index contributed by atoms with van der Waals surface area (Å²) < 4.78 is 17.8. The van der Waals surface area contributed by atoms with Crippen LogP contribution in [0.4, 0.5) is 34.1 Å². The molecule has 4 aromatic heterocycles. The Morgan fingerprint density at radius 1 is 0.346 bits per heavy atom. The van der Waals surface area contributed by atoms with Crippen LogP contribution in [-0.4, -0.2) is 6.71 Å². The van der Waals surface area contributed by atoms with Gasteiger partial charge in [-0.25, -0.2) is 0 Å². The maximum Gasteiger partial charge on any atom is 0.277 e. The van der Waals surface area contributed by atoms with Gasteiger partial charge < -0.3 is 18.6 Å². The van der Waals surface area contributed by atoms with Crippen LogP contribution in [0.3, 0.4) is 0 Å². The van der Waals surface area contributed by atoms with E-state index < -0.39 is 0 Å². The molecule has 0 fully saturated rings. The summed E-state index contributed by atoms with van der Waals surface area (Å²) in [4.78, 5) is 5.37. The van der Waals surface area contributed by atoms with Crippen molar-refractivity contribution in [2.75, 3.05) is 9.80 Å². The van der Waals surface area contributed by atoms with E-state index in [1.165, 1.54) is 74.6 Å². The Bertz CT molecular complexity index is 4380. The van der Waals surface area contributed by atoms with E-state index in [-0.39, 0.29) is 23.0 Å². The minimum absolute atomic E-state index is 0.0546. The summed E-state index contributed by atoms with van der Waals surface area (Å²) in [5.74, 6) is 0. The van der Waals surface area contributed by atoms with Crippen molar-refractivity contribution in [1.29, 1.82) is 0 Å². The van der Waals surface area contributed by atoms with Crippen LogP contribution in [0.2, 0.25) is 0 Å². The molecule has 81 heavy (non-hydrogen) atoms. The lowest BCUT2D eigenvalue weighted by atomic mass is 9.39. The highest BCUT2D eigenvalue weighted by Crippen LogP contribution is 2.55. The Balaban J connectivity index is 1.08. The second-order valence-corrected chi connectivity index (χ2v) is 27.5. The SMILES string of the molecule is CC(C)(C)c1cc2c3c(c1)N(c1ccc(-c4coc5ccccc45)cc1-c1ccccc1)c1c(sc4ccc(C(C)(C)C)cc14)B3c1sc3ccc(C(C)(C)C)cc3c1N2c1ccc(-c2coc3ccccc23)cc1-c1ccccc1. The van der Waals surface area contributed by atoms with Gasteiger partial charge in [0.25, 0.3) is 6.71 Å². The molecule has 0 spiro atoms. The van der Waals surface area contributed by atoms with Crippen molar-refractivity contribution in [3.05, 3.63) is 223 Å². The summed E-state index contributed by atoms with van der Waals surface area (Å²) in [5, 5.41) is 4.78. The monoisotopic (exact) mass is 1080 g/mol. The highest BCUT2D eigenvalue weighted by molar-refractivity contribution is 7.40. The minimum Gasteiger partial charge on any atom is -0.464 e. The Labute approximate surface area is 482 Å². The molecule has 15 rings (SSSR count). The van der Waals surface area contributed by atoms with Gasteiger partial charge in [0, 0.05) is 74.1 Å². The molecule has 9 aromatic carbocycles. The number of para-hydroxylation sites is 2.